The quantitative estimate of drug-likeness (QED) is 0.483. The predicted octanol–water partition coefficient (Wildman–Crippen LogP) is 2.04. The summed E-state index contributed by atoms with van der Waals surface area (Å²) in [6, 6.07) is 7.72. The minimum Gasteiger partial charge on any atom is -0.397 e. The van der Waals surface area contributed by atoms with E-state index < -0.39 is 0 Å². The van der Waals surface area contributed by atoms with E-state index in [2.05, 4.69) is 16.8 Å². The topological polar surface area (TPSA) is 50.8 Å². The first-order valence-corrected chi connectivity index (χ1v) is 6.06. The molecule has 0 radical (unpaired) electrons. The van der Waals surface area contributed by atoms with Crippen LogP contribution in [0.4, 0.5) is 11.4 Å². The molecule has 1 fully saturated rings. The molecule has 0 atom stereocenters. The molecule has 0 bridgehead atoms. The molecule has 0 spiro atoms. The van der Waals surface area contributed by atoms with Gasteiger partial charge in [-0.2, -0.15) is 0 Å². The molecule has 17 heavy (non-hydrogen) atoms. The van der Waals surface area contributed by atoms with E-state index in [-0.39, 0.29) is 0 Å². The molecule has 0 amide bonds. The van der Waals surface area contributed by atoms with Gasteiger partial charge < -0.3 is 15.4 Å². The van der Waals surface area contributed by atoms with E-state index in [1.165, 1.54) is 0 Å². The Balaban J connectivity index is 2.19. The number of para-hydroxylation sites is 2. The van der Waals surface area contributed by atoms with E-state index in [1.54, 1.807) is 0 Å². The van der Waals surface area contributed by atoms with Gasteiger partial charge in [-0.25, -0.2) is 4.99 Å². The lowest BCUT2D eigenvalue weighted by molar-refractivity contribution is 0.0673. The van der Waals surface area contributed by atoms with E-state index in [1.807, 2.05) is 24.3 Å². The van der Waals surface area contributed by atoms with Crippen LogP contribution >= 0.6 is 0 Å². The Morgan fingerprint density at radius 3 is 2.71 bits per heavy atom. The Morgan fingerprint density at radius 2 is 2.06 bits per heavy atom. The number of morpholine rings is 1. The minimum absolute atomic E-state index is 0.728. The molecule has 1 heterocycles. The molecule has 2 rings (SSSR count). The maximum absolute atomic E-state index is 5.90. The van der Waals surface area contributed by atoms with Crippen molar-refractivity contribution in [3.8, 4) is 0 Å². The van der Waals surface area contributed by atoms with Crippen molar-refractivity contribution in [2.45, 2.75) is 13.3 Å². The van der Waals surface area contributed by atoms with Gasteiger partial charge in [0.15, 0.2) is 0 Å². The van der Waals surface area contributed by atoms with Gasteiger partial charge in [-0.05, 0) is 12.1 Å². The Bertz CT molecular complexity index is 397. The number of hydrogen-bond donors (Lipinski definition) is 1. The number of nitrogens with zero attached hydrogens (tertiary/aromatic N) is 2. The van der Waals surface area contributed by atoms with Gasteiger partial charge in [-0.1, -0.05) is 19.1 Å². The van der Waals surface area contributed by atoms with Crippen LogP contribution in [0.1, 0.15) is 13.3 Å². The number of ether oxygens (including phenoxy) is 1. The van der Waals surface area contributed by atoms with Crippen molar-refractivity contribution in [2.75, 3.05) is 32.0 Å². The minimum atomic E-state index is 0.728. The highest BCUT2D eigenvalue weighted by Gasteiger charge is 2.13. The van der Waals surface area contributed by atoms with Gasteiger partial charge in [-0.3, -0.25) is 0 Å². The molecule has 4 heteroatoms. The first-order chi connectivity index (χ1) is 8.31. The third-order valence-corrected chi connectivity index (χ3v) is 2.88. The zero-order valence-corrected chi connectivity index (χ0v) is 10.2. The average molecular weight is 233 g/mol. The summed E-state index contributed by atoms with van der Waals surface area (Å²) in [6.07, 6.45) is 0.911. The maximum Gasteiger partial charge on any atom is 0.105 e. The lowest BCUT2D eigenvalue weighted by atomic mass is 10.2. The molecule has 1 aromatic rings. The second-order valence-electron chi connectivity index (χ2n) is 4.04. The molecule has 0 aliphatic carbocycles. The van der Waals surface area contributed by atoms with Crippen LogP contribution in [-0.4, -0.2) is 37.0 Å². The first-order valence-electron chi connectivity index (χ1n) is 6.06. The van der Waals surface area contributed by atoms with Gasteiger partial charge >= 0.3 is 0 Å². The second-order valence-corrected chi connectivity index (χ2v) is 4.04. The number of hydrogen-bond acceptors (Lipinski definition) is 3. The van der Waals surface area contributed by atoms with Crippen LogP contribution in [0.2, 0.25) is 0 Å². The van der Waals surface area contributed by atoms with Crippen molar-refractivity contribution >= 4 is 17.2 Å². The Morgan fingerprint density at radius 1 is 1.35 bits per heavy atom. The van der Waals surface area contributed by atoms with E-state index in [0.29, 0.717) is 0 Å². The predicted molar refractivity (Wildman–Crippen MR) is 70.6 cm³/mol. The summed E-state index contributed by atoms with van der Waals surface area (Å²) in [5.74, 6) is 1.09. The van der Waals surface area contributed by atoms with E-state index in [4.69, 9.17) is 10.5 Å². The smallest absolute Gasteiger partial charge is 0.105 e. The second kappa shape index (κ2) is 5.68. The fourth-order valence-corrected chi connectivity index (χ4v) is 1.92. The van der Waals surface area contributed by atoms with Crippen LogP contribution in [0.3, 0.4) is 0 Å². The van der Waals surface area contributed by atoms with Crippen LogP contribution in [-0.2, 0) is 4.74 Å². The van der Waals surface area contributed by atoms with Crippen LogP contribution < -0.4 is 5.73 Å². The third kappa shape index (κ3) is 2.97. The zero-order valence-electron chi connectivity index (χ0n) is 10.2. The maximum atomic E-state index is 5.90. The van der Waals surface area contributed by atoms with E-state index in [0.717, 1.165) is 49.9 Å². The molecule has 0 aromatic heterocycles. The fraction of sp³-hybridized carbons (Fsp3) is 0.462. The van der Waals surface area contributed by atoms with Crippen molar-refractivity contribution in [1.29, 1.82) is 0 Å². The molecular formula is C13H19N3O. The highest BCUT2D eigenvalue weighted by atomic mass is 16.5. The first kappa shape index (κ1) is 11.9. The average Bonchev–Trinajstić information content (AvgIpc) is 2.39. The molecule has 1 saturated heterocycles. The van der Waals surface area contributed by atoms with Gasteiger partial charge in [0.2, 0.25) is 0 Å². The van der Waals surface area contributed by atoms with Crippen LogP contribution in [0.5, 0.6) is 0 Å². The molecular weight excluding hydrogens is 214 g/mol. The molecule has 1 aliphatic rings. The summed E-state index contributed by atoms with van der Waals surface area (Å²) in [7, 11) is 0. The number of rotatable bonds is 2. The molecule has 1 aromatic carbocycles. The molecule has 1 aliphatic heterocycles. The van der Waals surface area contributed by atoms with Crippen LogP contribution in [0.25, 0.3) is 0 Å². The molecule has 2 N–H and O–H groups in total. The van der Waals surface area contributed by atoms with Gasteiger partial charge in [0.1, 0.15) is 5.84 Å². The van der Waals surface area contributed by atoms with Crippen molar-refractivity contribution < 1.29 is 4.74 Å². The standard InChI is InChI=1S/C13H19N3O/c1-2-13(16-7-9-17-10-8-16)15-12-6-4-3-5-11(12)14/h3-6H,2,7-10,14H2,1H3. The summed E-state index contributed by atoms with van der Waals surface area (Å²) in [5, 5.41) is 0. The largest absolute Gasteiger partial charge is 0.397 e. The van der Waals surface area contributed by atoms with Gasteiger partial charge in [0, 0.05) is 19.5 Å². The third-order valence-electron chi connectivity index (χ3n) is 2.88. The SMILES string of the molecule is CCC(=Nc1ccccc1N)N1CCOCC1. The summed E-state index contributed by atoms with van der Waals surface area (Å²) in [6.45, 7) is 5.51. The summed E-state index contributed by atoms with van der Waals surface area (Å²) < 4.78 is 5.35. The Kier molecular flexibility index (Phi) is 3.98. The lowest BCUT2D eigenvalue weighted by Gasteiger charge is -2.29. The lowest BCUT2D eigenvalue weighted by Crippen LogP contribution is -2.40. The fourth-order valence-electron chi connectivity index (χ4n) is 1.92. The Labute approximate surface area is 102 Å². The number of aliphatic imine (C=N–C) groups is 1. The zero-order chi connectivity index (χ0) is 12.1. The molecule has 0 unspecified atom stereocenters. The van der Waals surface area contributed by atoms with Crippen molar-refractivity contribution in [3.63, 3.8) is 0 Å². The monoisotopic (exact) mass is 233 g/mol. The number of amidine groups is 1. The van der Waals surface area contributed by atoms with Crippen LogP contribution in [0.15, 0.2) is 29.3 Å². The number of benzene rings is 1. The van der Waals surface area contributed by atoms with Crippen molar-refractivity contribution in [2.24, 2.45) is 4.99 Å². The highest BCUT2D eigenvalue weighted by molar-refractivity contribution is 5.86. The van der Waals surface area contributed by atoms with Crippen molar-refractivity contribution in [1.82, 2.24) is 4.90 Å². The van der Waals surface area contributed by atoms with E-state index in [9.17, 15) is 0 Å². The summed E-state index contributed by atoms with van der Waals surface area (Å²) >= 11 is 0. The molecule has 4 nitrogen and oxygen atoms in total. The van der Waals surface area contributed by atoms with Crippen LogP contribution in [0, 0.1) is 0 Å². The van der Waals surface area contributed by atoms with Crippen molar-refractivity contribution in [3.05, 3.63) is 24.3 Å². The Hall–Kier alpha value is -1.55. The number of anilines is 1. The molecule has 0 saturated carbocycles. The summed E-state index contributed by atoms with van der Waals surface area (Å²) in [4.78, 5) is 6.94. The normalized spacial score (nSPS) is 17.2. The number of nitrogen functional groups attached to an aromatic ring is 1. The molecule has 92 valence electrons. The van der Waals surface area contributed by atoms with Gasteiger partial charge in [-0.15, -0.1) is 0 Å². The van der Waals surface area contributed by atoms with E-state index >= 15 is 0 Å². The van der Waals surface area contributed by atoms with Gasteiger partial charge in [0.05, 0.1) is 24.6 Å². The van der Waals surface area contributed by atoms with Gasteiger partial charge in [0.25, 0.3) is 0 Å². The summed E-state index contributed by atoms with van der Waals surface area (Å²) in [5.41, 5.74) is 7.49. The highest BCUT2D eigenvalue weighted by Crippen LogP contribution is 2.21. The number of nitrogens with two attached hydrogens (primary N) is 1.